The van der Waals surface area contributed by atoms with Gasteiger partial charge in [-0.05, 0) is 134 Å². The summed E-state index contributed by atoms with van der Waals surface area (Å²) in [6.07, 6.45) is 3.00. The summed E-state index contributed by atoms with van der Waals surface area (Å²) in [5.41, 5.74) is 5.30. The first kappa shape index (κ1) is 63.3. The quantitative estimate of drug-likeness (QED) is 0.0254. The van der Waals surface area contributed by atoms with Crippen molar-refractivity contribution < 1.29 is 54.8 Å². The van der Waals surface area contributed by atoms with Crippen LogP contribution in [0.2, 0.25) is 20.1 Å². The Morgan fingerprint density at radius 2 is 1.04 bits per heavy atom. The summed E-state index contributed by atoms with van der Waals surface area (Å²) in [4.78, 5) is 26.9. The number of piperazine rings is 1. The molecule has 3 atom stereocenters. The predicted octanol–water partition coefficient (Wildman–Crippen LogP) is 6.64. The van der Waals surface area contributed by atoms with Crippen molar-refractivity contribution in [3.8, 4) is 11.5 Å². The zero-order valence-corrected chi connectivity index (χ0v) is 49.6. The first-order valence-corrected chi connectivity index (χ1v) is 31.3. The van der Waals surface area contributed by atoms with Crippen molar-refractivity contribution in [1.82, 2.24) is 40.9 Å². The summed E-state index contributed by atoms with van der Waals surface area (Å²) in [7, 11) is -7.60. The van der Waals surface area contributed by atoms with E-state index in [0.29, 0.717) is 68.6 Å². The smallest absolute Gasteiger partial charge is 0.314 e. The third-order valence-electron chi connectivity index (χ3n) is 13.6. The zero-order chi connectivity index (χ0) is 57.1. The SMILES string of the molecule is Cc1cc(S(=O)(=O)NCCOCCOCCNC(=O)NCCCCNC(=O)NCCOCCOCCNS(=O)(=O)c2ccc(O[C@H]3c4cc(Cl)cc(Cl)c4C[C@@H]3N3CCNCC3)c(C)c2)ccc1O[C@@H]1CCc2c(Cl)cc(Cl)cc21. The van der Waals surface area contributed by atoms with Crippen LogP contribution in [-0.4, -0.2) is 158 Å². The van der Waals surface area contributed by atoms with Crippen LogP contribution in [0.3, 0.4) is 0 Å². The minimum atomic E-state index is -3.82. The highest BCUT2D eigenvalue weighted by atomic mass is 35.5. The number of carbonyl (C=O) groups excluding carboxylic acids is 2. The average molecular weight is 1230 g/mol. The van der Waals surface area contributed by atoms with Gasteiger partial charge in [-0.15, -0.1) is 0 Å². The lowest BCUT2D eigenvalue weighted by molar-refractivity contribution is 0.0516. The first-order chi connectivity index (χ1) is 38.5. The first-order valence-electron chi connectivity index (χ1n) is 26.8. The number of amides is 4. The van der Waals surface area contributed by atoms with Gasteiger partial charge in [-0.2, -0.15) is 0 Å². The summed E-state index contributed by atoms with van der Waals surface area (Å²) in [6, 6.07) is 16.2. The molecule has 7 N–H and O–H groups in total. The number of hydrogen-bond acceptors (Lipinski definition) is 14. The standard InChI is InChI=1S/C54H72Cl4N8O12S2/c1-36-29-40(5-8-49(36)77-51-10-7-42-44(51)31-38(55)33-46(42)57)79(69,70)64-17-23-75-27-25-73-21-15-62-53(67)60-11-3-4-12-61-54(68)63-16-22-74-26-28-76-24-18-65-80(71,72)41-6-9-50(37(2)30-41)78-52-45-32-39(56)34-47(58)43(45)35-48(52)66-19-13-59-14-20-66/h5-6,8-9,29-34,48,51-52,59,64-65H,3-4,7,10-28,35H2,1-2H3,(H2,60,62,67)(H2,61,63,68)/t48-,51+,52-/m0/s1. The fourth-order valence-electron chi connectivity index (χ4n) is 9.51. The molecule has 20 nitrogen and oxygen atoms in total. The lowest BCUT2D eigenvalue weighted by Crippen LogP contribution is -2.50. The number of aryl methyl sites for hydroxylation is 2. The van der Waals surface area contributed by atoms with Gasteiger partial charge in [0, 0.05) is 91.1 Å². The third-order valence-corrected chi connectivity index (χ3v) is 17.6. The minimum Gasteiger partial charge on any atom is -0.485 e. The number of rotatable bonds is 32. The Kier molecular flexibility index (Phi) is 24.9. The van der Waals surface area contributed by atoms with Crippen LogP contribution in [0, 0.1) is 13.8 Å². The number of nitrogens with one attached hydrogen (secondary N) is 7. The van der Waals surface area contributed by atoms with Crippen molar-refractivity contribution in [2.24, 2.45) is 0 Å². The Morgan fingerprint density at radius 1 is 0.575 bits per heavy atom. The summed E-state index contributed by atoms with van der Waals surface area (Å²) in [6.45, 7) is 10.5. The topological polar surface area (TPSA) is 245 Å². The van der Waals surface area contributed by atoms with E-state index in [1.165, 1.54) is 12.1 Å². The zero-order valence-electron chi connectivity index (χ0n) is 44.9. The van der Waals surface area contributed by atoms with Crippen molar-refractivity contribution >= 4 is 78.5 Å². The molecule has 1 fully saturated rings. The van der Waals surface area contributed by atoms with Crippen molar-refractivity contribution in [1.29, 1.82) is 0 Å². The second-order valence-corrected chi connectivity index (χ2v) is 24.5. The fourth-order valence-corrected chi connectivity index (χ4v) is 12.9. The number of urea groups is 2. The van der Waals surface area contributed by atoms with E-state index in [1.807, 2.05) is 19.1 Å². The minimum absolute atomic E-state index is 0.0570. The number of sulfonamides is 2. The van der Waals surface area contributed by atoms with Gasteiger partial charge in [0.1, 0.15) is 23.7 Å². The van der Waals surface area contributed by atoms with Crippen LogP contribution in [-0.2, 0) is 51.8 Å². The van der Waals surface area contributed by atoms with E-state index in [0.717, 1.165) is 67.7 Å². The molecule has 4 amide bonds. The molecule has 1 aliphatic heterocycles. The highest BCUT2D eigenvalue weighted by molar-refractivity contribution is 7.89. The molecule has 4 aromatic rings. The van der Waals surface area contributed by atoms with Gasteiger partial charge in [0.25, 0.3) is 0 Å². The molecule has 0 aromatic heterocycles. The molecule has 1 heterocycles. The van der Waals surface area contributed by atoms with Crippen LogP contribution in [0.5, 0.6) is 11.5 Å². The maximum atomic E-state index is 13.2. The monoisotopic (exact) mass is 1230 g/mol. The van der Waals surface area contributed by atoms with Crippen LogP contribution >= 0.6 is 46.4 Å². The molecule has 0 radical (unpaired) electrons. The van der Waals surface area contributed by atoms with Gasteiger partial charge >= 0.3 is 12.1 Å². The summed E-state index contributed by atoms with van der Waals surface area (Å²) < 4.78 is 92.2. The van der Waals surface area contributed by atoms with E-state index in [-0.39, 0.29) is 119 Å². The normalized spacial score (nSPS) is 17.2. The highest BCUT2D eigenvalue weighted by Gasteiger charge is 2.40. The van der Waals surface area contributed by atoms with E-state index in [2.05, 4.69) is 40.9 Å². The molecule has 0 bridgehead atoms. The molecule has 26 heteroatoms. The van der Waals surface area contributed by atoms with Gasteiger partial charge in [0.05, 0.1) is 68.7 Å². The maximum absolute atomic E-state index is 13.2. The summed E-state index contributed by atoms with van der Waals surface area (Å²) in [5, 5.41) is 16.7. The number of halogens is 4. The fraction of sp³-hybridized carbons (Fsp3) is 0.519. The van der Waals surface area contributed by atoms with Crippen LogP contribution in [0.1, 0.15) is 64.9 Å². The molecule has 3 aliphatic rings. The Labute approximate surface area is 489 Å². The molecule has 2 aliphatic carbocycles. The highest BCUT2D eigenvalue weighted by Crippen LogP contribution is 2.44. The lowest BCUT2D eigenvalue weighted by atomic mass is 10.1. The van der Waals surface area contributed by atoms with E-state index in [4.69, 9.17) is 74.8 Å². The van der Waals surface area contributed by atoms with E-state index < -0.39 is 20.0 Å². The second-order valence-electron chi connectivity index (χ2n) is 19.3. The molecule has 7 rings (SSSR count). The number of benzene rings is 4. The van der Waals surface area contributed by atoms with Crippen molar-refractivity contribution in [2.75, 3.05) is 118 Å². The van der Waals surface area contributed by atoms with Crippen molar-refractivity contribution in [3.05, 3.63) is 114 Å². The van der Waals surface area contributed by atoms with Crippen LogP contribution in [0.4, 0.5) is 9.59 Å². The lowest BCUT2D eigenvalue weighted by Gasteiger charge is -2.36. The van der Waals surface area contributed by atoms with Crippen molar-refractivity contribution in [2.45, 2.75) is 74.0 Å². The molecule has 80 heavy (non-hydrogen) atoms. The average Bonchev–Trinajstić information content (AvgIpc) is 4.14. The number of nitrogens with zero attached hydrogens (tertiary/aromatic N) is 1. The number of fused-ring (bicyclic) bond motifs is 2. The Hall–Kier alpha value is -4.24. The molecule has 1 saturated heterocycles. The maximum Gasteiger partial charge on any atom is 0.314 e. The second kappa shape index (κ2) is 31.4. The van der Waals surface area contributed by atoms with Crippen LogP contribution < -0.4 is 45.5 Å². The van der Waals surface area contributed by atoms with Gasteiger partial charge in [0.15, 0.2) is 0 Å². The van der Waals surface area contributed by atoms with Gasteiger partial charge in [-0.3, -0.25) is 4.90 Å². The molecule has 0 unspecified atom stereocenters. The molecule has 0 spiro atoms. The molecule has 440 valence electrons. The molecular weight excluding hydrogens is 1160 g/mol. The predicted molar refractivity (Wildman–Crippen MR) is 308 cm³/mol. The number of hydrogen-bond donors (Lipinski definition) is 7. The largest absolute Gasteiger partial charge is 0.485 e. The molecule has 0 saturated carbocycles. The van der Waals surface area contributed by atoms with Gasteiger partial charge in [-0.25, -0.2) is 35.9 Å². The van der Waals surface area contributed by atoms with E-state index >= 15 is 0 Å². The number of ether oxygens (including phenoxy) is 6. The van der Waals surface area contributed by atoms with Gasteiger partial charge in [-0.1, -0.05) is 46.4 Å². The Balaban J connectivity index is 0.634. The Morgan fingerprint density at radius 3 is 1.55 bits per heavy atom. The van der Waals surface area contributed by atoms with E-state index in [1.54, 1.807) is 43.3 Å². The summed E-state index contributed by atoms with van der Waals surface area (Å²) >= 11 is 25.6. The number of unbranched alkanes of at least 4 members (excludes halogenated alkanes) is 1. The molecule has 4 aromatic carbocycles. The Bertz CT molecular complexity index is 2940. The summed E-state index contributed by atoms with van der Waals surface area (Å²) in [5.74, 6) is 1.16. The molecular formula is C54H72Cl4N8O12S2. The van der Waals surface area contributed by atoms with Gasteiger partial charge < -0.3 is 55.0 Å². The van der Waals surface area contributed by atoms with Gasteiger partial charge in [0.2, 0.25) is 20.0 Å². The number of carbonyl (C=O) groups is 2. The van der Waals surface area contributed by atoms with Crippen LogP contribution in [0.25, 0.3) is 0 Å². The van der Waals surface area contributed by atoms with Crippen LogP contribution in [0.15, 0.2) is 70.5 Å². The van der Waals surface area contributed by atoms with Crippen molar-refractivity contribution in [3.63, 3.8) is 0 Å². The van der Waals surface area contributed by atoms with E-state index in [9.17, 15) is 26.4 Å². The third kappa shape index (κ3) is 18.9.